The lowest BCUT2D eigenvalue weighted by atomic mass is 9.71. The molecule has 0 amide bonds. The Morgan fingerprint density at radius 1 is 1.56 bits per heavy atom. The Labute approximate surface area is 102 Å². The van der Waals surface area contributed by atoms with Gasteiger partial charge in [0, 0.05) is 17.5 Å². The highest BCUT2D eigenvalue weighted by Crippen LogP contribution is 2.39. The third kappa shape index (κ3) is 2.46. The number of hydrogen-bond donors (Lipinski definition) is 1. The molecular weight excluding hydrogens is 218 g/mol. The van der Waals surface area contributed by atoms with E-state index in [-0.39, 0.29) is 0 Å². The summed E-state index contributed by atoms with van der Waals surface area (Å²) in [6.07, 6.45) is 3.94. The van der Waals surface area contributed by atoms with E-state index in [1.807, 2.05) is 6.92 Å². The van der Waals surface area contributed by atoms with Crippen molar-refractivity contribution in [3.05, 3.63) is 16.1 Å². The Balaban J connectivity index is 2.07. The zero-order chi connectivity index (χ0) is 11.8. The summed E-state index contributed by atoms with van der Waals surface area (Å²) in [5.41, 5.74) is 0.553. The van der Waals surface area contributed by atoms with E-state index in [1.54, 1.807) is 11.3 Å². The molecule has 0 aliphatic heterocycles. The molecule has 1 aliphatic rings. The normalized spacial score (nSPS) is 35.2. The molecule has 0 bridgehead atoms. The van der Waals surface area contributed by atoms with Crippen LogP contribution in [0.15, 0.2) is 5.38 Å². The Morgan fingerprint density at radius 3 is 2.88 bits per heavy atom. The molecule has 1 fully saturated rings. The summed E-state index contributed by atoms with van der Waals surface area (Å²) in [4.78, 5) is 4.46. The van der Waals surface area contributed by atoms with Crippen LogP contribution in [0.2, 0.25) is 0 Å². The number of aliphatic hydroxyl groups is 1. The predicted octanol–water partition coefficient (Wildman–Crippen LogP) is 3.18. The van der Waals surface area contributed by atoms with Crippen molar-refractivity contribution in [2.24, 2.45) is 11.8 Å². The molecule has 3 heteroatoms. The van der Waals surface area contributed by atoms with Crippen molar-refractivity contribution in [3.63, 3.8) is 0 Å². The number of thiazole rings is 1. The van der Waals surface area contributed by atoms with E-state index < -0.39 is 5.60 Å². The van der Waals surface area contributed by atoms with E-state index in [1.165, 1.54) is 0 Å². The first-order chi connectivity index (χ1) is 7.49. The second kappa shape index (κ2) is 4.46. The molecule has 16 heavy (non-hydrogen) atoms. The predicted molar refractivity (Wildman–Crippen MR) is 67.7 cm³/mol. The first-order valence-corrected chi connectivity index (χ1v) is 7.01. The summed E-state index contributed by atoms with van der Waals surface area (Å²) in [5, 5.41) is 13.8. The topological polar surface area (TPSA) is 33.1 Å². The van der Waals surface area contributed by atoms with Crippen LogP contribution in [0.1, 0.15) is 43.8 Å². The van der Waals surface area contributed by atoms with Crippen molar-refractivity contribution in [1.29, 1.82) is 0 Å². The van der Waals surface area contributed by atoms with Gasteiger partial charge in [-0.3, -0.25) is 0 Å². The molecule has 0 radical (unpaired) electrons. The quantitative estimate of drug-likeness (QED) is 0.860. The highest BCUT2D eigenvalue weighted by atomic mass is 32.1. The zero-order valence-electron chi connectivity index (χ0n) is 10.4. The van der Waals surface area contributed by atoms with Crippen LogP contribution in [0.5, 0.6) is 0 Å². The van der Waals surface area contributed by atoms with Gasteiger partial charge in [0.05, 0.1) is 10.6 Å². The third-order valence-corrected chi connectivity index (χ3v) is 4.83. The van der Waals surface area contributed by atoms with Gasteiger partial charge in [0.25, 0.3) is 0 Å². The van der Waals surface area contributed by atoms with E-state index in [9.17, 15) is 5.11 Å². The van der Waals surface area contributed by atoms with Gasteiger partial charge < -0.3 is 5.11 Å². The standard InChI is InChI=1S/C13H21NOS/c1-9-4-5-13(15,10(2)6-9)7-12-14-11(3)8-16-12/h8-10,15H,4-7H2,1-3H3. The summed E-state index contributed by atoms with van der Waals surface area (Å²) in [7, 11) is 0. The van der Waals surface area contributed by atoms with Crippen molar-refractivity contribution >= 4 is 11.3 Å². The van der Waals surface area contributed by atoms with Crippen molar-refractivity contribution in [1.82, 2.24) is 4.98 Å². The molecule has 1 aromatic rings. The maximum absolute atomic E-state index is 10.7. The Morgan fingerprint density at radius 2 is 2.31 bits per heavy atom. The minimum absolute atomic E-state index is 0.389. The molecule has 2 rings (SSSR count). The molecule has 0 spiro atoms. The van der Waals surface area contributed by atoms with Crippen LogP contribution >= 0.6 is 11.3 Å². The third-order valence-electron chi connectivity index (χ3n) is 3.87. The number of aryl methyl sites for hydroxylation is 1. The van der Waals surface area contributed by atoms with E-state index in [4.69, 9.17) is 0 Å². The van der Waals surface area contributed by atoms with Gasteiger partial charge in [-0.25, -0.2) is 4.98 Å². The summed E-state index contributed by atoms with van der Waals surface area (Å²) in [6.45, 7) is 6.47. The summed E-state index contributed by atoms with van der Waals surface area (Å²) >= 11 is 1.67. The van der Waals surface area contributed by atoms with Crippen LogP contribution in [0.25, 0.3) is 0 Å². The van der Waals surface area contributed by atoms with Crippen molar-refractivity contribution < 1.29 is 5.11 Å². The van der Waals surface area contributed by atoms with Gasteiger partial charge in [-0.1, -0.05) is 13.8 Å². The molecule has 90 valence electrons. The molecule has 1 heterocycles. The van der Waals surface area contributed by atoms with E-state index >= 15 is 0 Å². The fourth-order valence-electron chi connectivity index (χ4n) is 2.69. The average molecular weight is 239 g/mol. The van der Waals surface area contributed by atoms with Gasteiger partial charge in [0.2, 0.25) is 0 Å². The lowest BCUT2D eigenvalue weighted by Crippen LogP contribution is -2.43. The highest BCUT2D eigenvalue weighted by molar-refractivity contribution is 7.09. The molecule has 0 saturated heterocycles. The number of aromatic nitrogens is 1. The monoisotopic (exact) mass is 239 g/mol. The van der Waals surface area contributed by atoms with Crippen molar-refractivity contribution in [2.75, 3.05) is 0 Å². The maximum atomic E-state index is 10.7. The molecule has 1 N–H and O–H groups in total. The van der Waals surface area contributed by atoms with Crippen LogP contribution in [0.4, 0.5) is 0 Å². The first-order valence-electron chi connectivity index (χ1n) is 6.13. The molecule has 1 aromatic heterocycles. The van der Waals surface area contributed by atoms with Gasteiger partial charge in [-0.15, -0.1) is 11.3 Å². The van der Waals surface area contributed by atoms with Gasteiger partial charge in [0.15, 0.2) is 0 Å². The number of rotatable bonds is 2. The first kappa shape index (κ1) is 12.1. The van der Waals surface area contributed by atoms with E-state index in [0.29, 0.717) is 5.92 Å². The van der Waals surface area contributed by atoms with Gasteiger partial charge >= 0.3 is 0 Å². The largest absolute Gasteiger partial charge is 0.389 e. The Bertz CT molecular complexity index is 363. The minimum Gasteiger partial charge on any atom is -0.389 e. The summed E-state index contributed by atoms with van der Waals surface area (Å²) < 4.78 is 0. The van der Waals surface area contributed by atoms with Crippen LogP contribution in [-0.2, 0) is 6.42 Å². The zero-order valence-corrected chi connectivity index (χ0v) is 11.2. The molecule has 3 atom stereocenters. The summed E-state index contributed by atoms with van der Waals surface area (Å²) in [6, 6.07) is 0. The number of hydrogen-bond acceptors (Lipinski definition) is 3. The second-order valence-corrected chi connectivity index (χ2v) is 6.39. The molecule has 0 aromatic carbocycles. The van der Waals surface area contributed by atoms with Crippen LogP contribution in [-0.4, -0.2) is 15.7 Å². The Kier molecular flexibility index (Phi) is 3.36. The fourth-order valence-corrected chi connectivity index (χ4v) is 3.58. The van der Waals surface area contributed by atoms with Crippen LogP contribution < -0.4 is 0 Å². The summed E-state index contributed by atoms with van der Waals surface area (Å²) in [5.74, 6) is 1.15. The molecule has 3 unspecified atom stereocenters. The average Bonchev–Trinajstić information content (AvgIpc) is 2.59. The van der Waals surface area contributed by atoms with E-state index in [2.05, 4.69) is 24.2 Å². The van der Waals surface area contributed by atoms with E-state index in [0.717, 1.165) is 42.3 Å². The van der Waals surface area contributed by atoms with Gasteiger partial charge in [-0.05, 0) is 38.0 Å². The highest BCUT2D eigenvalue weighted by Gasteiger charge is 2.38. The molecule has 1 saturated carbocycles. The van der Waals surface area contributed by atoms with Crippen molar-refractivity contribution in [3.8, 4) is 0 Å². The second-order valence-electron chi connectivity index (χ2n) is 5.44. The van der Waals surface area contributed by atoms with Crippen LogP contribution in [0.3, 0.4) is 0 Å². The smallest absolute Gasteiger partial charge is 0.0956 e. The number of nitrogens with zero attached hydrogens (tertiary/aromatic N) is 1. The molecule has 2 nitrogen and oxygen atoms in total. The maximum Gasteiger partial charge on any atom is 0.0956 e. The van der Waals surface area contributed by atoms with Crippen molar-refractivity contribution in [2.45, 2.75) is 52.1 Å². The molecular formula is C13H21NOS. The van der Waals surface area contributed by atoms with Gasteiger partial charge in [-0.2, -0.15) is 0 Å². The Hall–Kier alpha value is -0.410. The minimum atomic E-state index is -0.517. The van der Waals surface area contributed by atoms with Crippen LogP contribution in [0, 0.1) is 18.8 Å². The SMILES string of the molecule is Cc1csc(CC2(O)CCC(C)CC2C)n1. The lowest BCUT2D eigenvalue weighted by molar-refractivity contribution is -0.0522. The van der Waals surface area contributed by atoms with Gasteiger partial charge in [0.1, 0.15) is 0 Å². The molecule has 1 aliphatic carbocycles. The lowest BCUT2D eigenvalue weighted by Gasteiger charge is -2.40. The fraction of sp³-hybridized carbons (Fsp3) is 0.769.